The fourth-order valence-electron chi connectivity index (χ4n) is 2.21. The number of aromatic nitrogens is 2. The lowest BCUT2D eigenvalue weighted by molar-refractivity contribution is 0.632. The van der Waals surface area contributed by atoms with Gasteiger partial charge in [-0.15, -0.1) is 0 Å². The average molecular weight is 267 g/mol. The summed E-state index contributed by atoms with van der Waals surface area (Å²) in [6.45, 7) is 0. The molecule has 0 aliphatic carbocycles. The molecule has 5 heteroatoms. The monoisotopic (exact) mass is 267 g/mol. The zero-order chi connectivity index (χ0) is 12.8. The summed E-state index contributed by atoms with van der Waals surface area (Å²) in [6.07, 6.45) is 3.55. The third kappa shape index (κ3) is 1.52. The van der Waals surface area contributed by atoms with Crippen LogP contribution in [0.1, 0.15) is 0 Å². The second-order valence-electron chi connectivity index (χ2n) is 4.27. The lowest BCUT2D eigenvalue weighted by Crippen LogP contribution is -1.87. The minimum Gasteiger partial charge on any atom is -0.452 e. The van der Waals surface area contributed by atoms with E-state index >= 15 is 0 Å². The second kappa shape index (κ2) is 3.80. The van der Waals surface area contributed by atoms with Gasteiger partial charge in [0.1, 0.15) is 5.76 Å². The molecule has 92 valence electrons. The summed E-state index contributed by atoms with van der Waals surface area (Å²) in [5.41, 5.74) is 7.50. The predicted octanol–water partition coefficient (Wildman–Crippen LogP) is 3.69. The molecule has 2 N–H and O–H groups in total. The minimum absolute atomic E-state index is 0.417. The van der Waals surface area contributed by atoms with Crippen molar-refractivity contribution < 1.29 is 4.42 Å². The number of fused-ring (bicyclic) bond motifs is 2. The van der Waals surface area contributed by atoms with Crippen molar-refractivity contribution in [2.45, 2.75) is 0 Å². The number of pyridine rings is 1. The fourth-order valence-corrected chi connectivity index (χ4v) is 2.97. The van der Waals surface area contributed by atoms with Gasteiger partial charge in [-0.2, -0.15) is 4.37 Å². The molecule has 0 amide bonds. The molecule has 0 spiro atoms. The number of nitrogens with zero attached hydrogens (tertiary/aromatic N) is 2. The van der Waals surface area contributed by atoms with Gasteiger partial charge in [0.05, 0.1) is 4.70 Å². The van der Waals surface area contributed by atoms with E-state index in [9.17, 15) is 0 Å². The number of nitrogen functional groups attached to an aromatic ring is 1. The summed E-state index contributed by atoms with van der Waals surface area (Å²) in [5, 5.41) is 2.08. The van der Waals surface area contributed by atoms with Crippen LogP contribution in [0.2, 0.25) is 0 Å². The number of rotatable bonds is 1. The molecule has 1 aromatic carbocycles. The van der Waals surface area contributed by atoms with Crippen molar-refractivity contribution in [3.05, 3.63) is 42.7 Å². The molecule has 0 aliphatic heterocycles. The number of anilines is 1. The van der Waals surface area contributed by atoms with Crippen LogP contribution in [-0.4, -0.2) is 9.36 Å². The van der Waals surface area contributed by atoms with Crippen molar-refractivity contribution in [3.8, 4) is 11.3 Å². The first kappa shape index (κ1) is 10.5. The maximum atomic E-state index is 5.85. The first-order chi connectivity index (χ1) is 9.33. The van der Waals surface area contributed by atoms with Gasteiger partial charge in [-0.05, 0) is 29.7 Å². The van der Waals surface area contributed by atoms with Crippen LogP contribution in [0.25, 0.3) is 32.4 Å². The predicted molar refractivity (Wildman–Crippen MR) is 77.0 cm³/mol. The van der Waals surface area contributed by atoms with Crippen LogP contribution in [0.5, 0.6) is 0 Å². The van der Waals surface area contributed by atoms with Crippen LogP contribution in [-0.2, 0) is 0 Å². The third-order valence-corrected chi connectivity index (χ3v) is 3.96. The lowest BCUT2D eigenvalue weighted by Gasteiger charge is -1.97. The maximum Gasteiger partial charge on any atom is 0.176 e. The normalized spacial score (nSPS) is 11.4. The molecule has 0 radical (unpaired) electrons. The largest absolute Gasteiger partial charge is 0.452 e. The molecule has 4 nitrogen and oxygen atoms in total. The van der Waals surface area contributed by atoms with E-state index in [4.69, 9.17) is 10.2 Å². The average Bonchev–Trinajstić information content (AvgIpc) is 3.05. The Hall–Kier alpha value is -2.40. The highest BCUT2D eigenvalue weighted by Crippen LogP contribution is 2.35. The summed E-state index contributed by atoms with van der Waals surface area (Å²) >= 11 is 1.47. The van der Waals surface area contributed by atoms with Crippen molar-refractivity contribution in [1.82, 2.24) is 9.36 Å². The molecule has 0 saturated carbocycles. The van der Waals surface area contributed by atoms with E-state index in [1.807, 2.05) is 36.5 Å². The van der Waals surface area contributed by atoms with E-state index in [0.29, 0.717) is 11.4 Å². The molecule has 19 heavy (non-hydrogen) atoms. The molecule has 4 aromatic rings. The van der Waals surface area contributed by atoms with Crippen LogP contribution in [0.15, 0.2) is 47.1 Å². The smallest absolute Gasteiger partial charge is 0.176 e. The van der Waals surface area contributed by atoms with Gasteiger partial charge in [-0.1, -0.05) is 12.1 Å². The number of benzene rings is 1. The minimum atomic E-state index is 0.417. The quantitative estimate of drug-likeness (QED) is 0.571. The third-order valence-electron chi connectivity index (χ3n) is 3.11. The maximum absolute atomic E-state index is 5.85. The van der Waals surface area contributed by atoms with E-state index in [1.165, 1.54) is 11.5 Å². The number of hydrogen-bond acceptors (Lipinski definition) is 5. The Kier molecular flexibility index (Phi) is 2.10. The van der Waals surface area contributed by atoms with Gasteiger partial charge in [0, 0.05) is 28.7 Å². The summed E-state index contributed by atoms with van der Waals surface area (Å²) in [7, 11) is 0. The Morgan fingerprint density at radius 2 is 2.11 bits per heavy atom. The van der Waals surface area contributed by atoms with E-state index in [0.717, 1.165) is 26.8 Å². The molecule has 0 unspecified atom stereocenters. The van der Waals surface area contributed by atoms with E-state index < -0.39 is 0 Å². The molecule has 4 rings (SSSR count). The molecule has 3 heterocycles. The highest BCUT2D eigenvalue weighted by molar-refractivity contribution is 7.13. The highest BCUT2D eigenvalue weighted by atomic mass is 32.1. The SMILES string of the molecule is Nc1nccc2cc(-c3cccc4cnsc34)oc12. The Labute approximate surface area is 112 Å². The number of hydrogen-bond donors (Lipinski definition) is 1. The van der Waals surface area contributed by atoms with Crippen molar-refractivity contribution in [3.63, 3.8) is 0 Å². The van der Waals surface area contributed by atoms with Gasteiger partial charge in [-0.25, -0.2) is 4.98 Å². The molecule has 0 aliphatic rings. The molecule has 0 saturated heterocycles. The Morgan fingerprint density at radius 3 is 3.00 bits per heavy atom. The van der Waals surface area contributed by atoms with E-state index in [1.54, 1.807) is 6.20 Å². The van der Waals surface area contributed by atoms with Crippen LogP contribution < -0.4 is 5.73 Å². The molecule has 0 bridgehead atoms. The summed E-state index contributed by atoms with van der Waals surface area (Å²) in [6, 6.07) is 9.96. The van der Waals surface area contributed by atoms with Gasteiger partial charge in [0.25, 0.3) is 0 Å². The van der Waals surface area contributed by atoms with E-state index in [-0.39, 0.29) is 0 Å². The van der Waals surface area contributed by atoms with E-state index in [2.05, 4.69) is 9.36 Å². The highest BCUT2D eigenvalue weighted by Gasteiger charge is 2.12. The standard InChI is InChI=1S/C14H9N3OS/c15-14-12-8(4-5-16-14)6-11(18-12)10-3-1-2-9-7-17-19-13(9)10/h1-7H,(H2,15,16). The van der Waals surface area contributed by atoms with Gasteiger partial charge in [0.2, 0.25) is 0 Å². The first-order valence-electron chi connectivity index (χ1n) is 5.81. The Bertz CT molecular complexity index is 894. The van der Waals surface area contributed by atoms with Crippen molar-refractivity contribution in [1.29, 1.82) is 0 Å². The van der Waals surface area contributed by atoms with Crippen molar-refractivity contribution in [2.24, 2.45) is 0 Å². The van der Waals surface area contributed by atoms with Gasteiger partial charge in [0.15, 0.2) is 11.4 Å². The molecule has 0 fully saturated rings. The van der Waals surface area contributed by atoms with Gasteiger partial charge in [-0.3, -0.25) is 0 Å². The zero-order valence-electron chi connectivity index (χ0n) is 9.83. The molecular weight excluding hydrogens is 258 g/mol. The number of furan rings is 1. The summed E-state index contributed by atoms with van der Waals surface area (Å²) in [4.78, 5) is 4.04. The summed E-state index contributed by atoms with van der Waals surface area (Å²) < 4.78 is 11.2. The van der Waals surface area contributed by atoms with Gasteiger partial charge >= 0.3 is 0 Å². The second-order valence-corrected chi connectivity index (χ2v) is 5.08. The first-order valence-corrected chi connectivity index (χ1v) is 6.58. The Morgan fingerprint density at radius 1 is 1.16 bits per heavy atom. The van der Waals surface area contributed by atoms with Crippen LogP contribution >= 0.6 is 11.5 Å². The van der Waals surface area contributed by atoms with Crippen molar-refractivity contribution in [2.75, 3.05) is 5.73 Å². The Balaban J connectivity index is 2.04. The van der Waals surface area contributed by atoms with Crippen LogP contribution in [0, 0.1) is 0 Å². The van der Waals surface area contributed by atoms with Crippen LogP contribution in [0.4, 0.5) is 5.82 Å². The molecule has 3 aromatic heterocycles. The molecular formula is C14H9N3OS. The molecule has 0 atom stereocenters. The topological polar surface area (TPSA) is 64.9 Å². The summed E-state index contributed by atoms with van der Waals surface area (Å²) in [5.74, 6) is 1.21. The van der Waals surface area contributed by atoms with Crippen molar-refractivity contribution >= 4 is 38.4 Å². The number of nitrogens with two attached hydrogens (primary N) is 1. The van der Waals surface area contributed by atoms with Gasteiger partial charge < -0.3 is 10.2 Å². The van der Waals surface area contributed by atoms with Crippen LogP contribution in [0.3, 0.4) is 0 Å². The fraction of sp³-hybridized carbons (Fsp3) is 0. The zero-order valence-corrected chi connectivity index (χ0v) is 10.6. The lowest BCUT2D eigenvalue weighted by atomic mass is 10.1.